The van der Waals surface area contributed by atoms with Crippen LogP contribution in [0.4, 0.5) is 5.69 Å². The van der Waals surface area contributed by atoms with Crippen molar-refractivity contribution in [2.24, 2.45) is 0 Å². The molecule has 0 aliphatic carbocycles. The fraction of sp³-hybridized carbons (Fsp3) is 0.500. The van der Waals surface area contributed by atoms with Crippen LogP contribution in [0.5, 0.6) is 0 Å². The van der Waals surface area contributed by atoms with Crippen molar-refractivity contribution in [2.45, 2.75) is 11.8 Å². The van der Waals surface area contributed by atoms with Gasteiger partial charge in [-0.1, -0.05) is 12.1 Å². The van der Waals surface area contributed by atoms with Crippen LogP contribution in [0.3, 0.4) is 0 Å². The van der Waals surface area contributed by atoms with E-state index in [2.05, 4.69) is 21.2 Å². The van der Waals surface area contributed by atoms with Gasteiger partial charge in [0.15, 0.2) is 0 Å². The van der Waals surface area contributed by atoms with Crippen LogP contribution in [0.15, 0.2) is 22.7 Å². The molecule has 7 heteroatoms. The standard InChI is InChI=1S/C12H15BrN2O2S2/c13-12-9(2-1-3-11(12)15(16)17)6-14-7-10-8-18-4-5-19-10/h1-3,10,14H,4-8H2. The summed E-state index contributed by atoms with van der Waals surface area (Å²) in [6, 6.07) is 5.15. The highest BCUT2D eigenvalue weighted by atomic mass is 79.9. The number of hydrogen-bond donors (Lipinski definition) is 1. The fourth-order valence-electron chi connectivity index (χ4n) is 1.87. The van der Waals surface area contributed by atoms with E-state index in [1.54, 1.807) is 6.07 Å². The van der Waals surface area contributed by atoms with Crippen molar-refractivity contribution in [3.63, 3.8) is 0 Å². The summed E-state index contributed by atoms with van der Waals surface area (Å²) in [6.45, 7) is 1.61. The van der Waals surface area contributed by atoms with E-state index in [9.17, 15) is 10.1 Å². The SMILES string of the molecule is O=[N+]([O-])c1cccc(CNCC2CSCCS2)c1Br. The maximum Gasteiger partial charge on any atom is 0.283 e. The molecule has 4 nitrogen and oxygen atoms in total. The Morgan fingerprint density at radius 1 is 1.47 bits per heavy atom. The van der Waals surface area contributed by atoms with Crippen molar-refractivity contribution in [1.29, 1.82) is 0 Å². The second kappa shape index (κ2) is 7.52. The molecule has 1 saturated heterocycles. The lowest BCUT2D eigenvalue weighted by molar-refractivity contribution is -0.385. The molecule has 0 spiro atoms. The number of nitrogens with one attached hydrogen (secondary N) is 1. The Morgan fingerprint density at radius 2 is 2.32 bits per heavy atom. The van der Waals surface area contributed by atoms with Gasteiger partial charge in [-0.05, 0) is 21.5 Å². The third kappa shape index (κ3) is 4.37. The van der Waals surface area contributed by atoms with E-state index in [0.29, 0.717) is 16.3 Å². The predicted molar refractivity (Wildman–Crippen MR) is 86.1 cm³/mol. The van der Waals surface area contributed by atoms with Crippen molar-refractivity contribution < 1.29 is 4.92 Å². The first-order valence-electron chi connectivity index (χ1n) is 6.00. The lowest BCUT2D eigenvalue weighted by atomic mass is 10.2. The van der Waals surface area contributed by atoms with Crippen LogP contribution in [-0.2, 0) is 6.54 Å². The monoisotopic (exact) mass is 362 g/mol. The number of rotatable bonds is 5. The predicted octanol–water partition coefficient (Wildman–Crippen LogP) is 3.30. The van der Waals surface area contributed by atoms with Crippen molar-refractivity contribution in [2.75, 3.05) is 23.8 Å². The van der Waals surface area contributed by atoms with E-state index < -0.39 is 0 Å². The van der Waals surface area contributed by atoms with Crippen LogP contribution < -0.4 is 5.32 Å². The lowest BCUT2D eigenvalue weighted by Gasteiger charge is -2.21. The Kier molecular flexibility index (Phi) is 6.00. The second-order valence-electron chi connectivity index (χ2n) is 4.21. The summed E-state index contributed by atoms with van der Waals surface area (Å²) in [5, 5.41) is 14.9. The van der Waals surface area contributed by atoms with Gasteiger partial charge in [-0.3, -0.25) is 10.1 Å². The molecule has 1 aromatic carbocycles. The molecule has 2 rings (SSSR count). The number of thioether (sulfide) groups is 2. The van der Waals surface area contributed by atoms with E-state index in [4.69, 9.17) is 0 Å². The van der Waals surface area contributed by atoms with E-state index in [1.807, 2.05) is 29.6 Å². The van der Waals surface area contributed by atoms with Gasteiger partial charge >= 0.3 is 0 Å². The van der Waals surface area contributed by atoms with Gasteiger partial charge in [0.1, 0.15) is 0 Å². The maximum atomic E-state index is 10.8. The van der Waals surface area contributed by atoms with Crippen molar-refractivity contribution in [3.8, 4) is 0 Å². The van der Waals surface area contributed by atoms with Gasteiger partial charge < -0.3 is 5.32 Å². The summed E-state index contributed by atoms with van der Waals surface area (Å²) in [5.41, 5.74) is 1.06. The van der Waals surface area contributed by atoms with Crippen LogP contribution in [-0.4, -0.2) is 34.0 Å². The summed E-state index contributed by atoms with van der Waals surface area (Å²) in [6.07, 6.45) is 0. The summed E-state index contributed by atoms with van der Waals surface area (Å²) in [5.74, 6) is 3.66. The Balaban J connectivity index is 1.88. The highest BCUT2D eigenvalue weighted by Crippen LogP contribution is 2.28. The first-order valence-corrected chi connectivity index (χ1v) is 9.00. The molecule has 0 aromatic heterocycles. The maximum absolute atomic E-state index is 10.8. The molecule has 1 heterocycles. The normalized spacial score (nSPS) is 19.3. The summed E-state index contributed by atoms with van der Waals surface area (Å²) in [4.78, 5) is 10.5. The Bertz CT molecular complexity index is 453. The minimum atomic E-state index is -0.360. The van der Waals surface area contributed by atoms with Crippen molar-refractivity contribution in [1.82, 2.24) is 5.32 Å². The van der Waals surface area contributed by atoms with Gasteiger partial charge in [0.2, 0.25) is 0 Å². The Labute approximate surface area is 129 Å². The van der Waals surface area contributed by atoms with Gasteiger partial charge in [0.05, 0.1) is 9.40 Å². The number of halogens is 1. The Morgan fingerprint density at radius 3 is 3.00 bits per heavy atom. The topological polar surface area (TPSA) is 55.2 Å². The quantitative estimate of drug-likeness (QED) is 0.643. The Hall–Kier alpha value is -0.240. The molecule has 0 amide bonds. The van der Waals surface area contributed by atoms with Crippen LogP contribution in [0.1, 0.15) is 5.56 Å². The second-order valence-corrected chi connectivity index (χ2v) is 7.56. The third-order valence-electron chi connectivity index (χ3n) is 2.83. The van der Waals surface area contributed by atoms with Gasteiger partial charge in [0, 0.05) is 41.7 Å². The zero-order valence-electron chi connectivity index (χ0n) is 10.3. The molecule has 104 valence electrons. The highest BCUT2D eigenvalue weighted by molar-refractivity contribution is 9.10. The zero-order chi connectivity index (χ0) is 13.7. The van der Waals surface area contributed by atoms with Crippen molar-refractivity contribution >= 4 is 45.1 Å². The van der Waals surface area contributed by atoms with Crippen LogP contribution in [0.25, 0.3) is 0 Å². The van der Waals surface area contributed by atoms with Crippen LogP contribution in [0.2, 0.25) is 0 Å². The molecule has 0 radical (unpaired) electrons. The van der Waals surface area contributed by atoms with E-state index in [0.717, 1.165) is 12.1 Å². The number of benzene rings is 1. The molecule has 1 aliphatic rings. The highest BCUT2D eigenvalue weighted by Gasteiger charge is 2.16. The minimum absolute atomic E-state index is 0.127. The minimum Gasteiger partial charge on any atom is -0.311 e. The summed E-state index contributed by atoms with van der Waals surface area (Å²) in [7, 11) is 0. The van der Waals surface area contributed by atoms with Gasteiger partial charge in [-0.2, -0.15) is 23.5 Å². The van der Waals surface area contributed by atoms with Crippen molar-refractivity contribution in [3.05, 3.63) is 38.3 Å². The molecule has 1 atom stereocenters. The lowest BCUT2D eigenvalue weighted by Crippen LogP contribution is -2.28. The average Bonchev–Trinajstić information content (AvgIpc) is 2.41. The number of hydrogen-bond acceptors (Lipinski definition) is 5. The molecular formula is C12H15BrN2O2S2. The molecule has 1 unspecified atom stereocenters. The molecule has 1 aliphatic heterocycles. The first kappa shape index (κ1) is 15.2. The average molecular weight is 363 g/mol. The first-order chi connectivity index (χ1) is 9.18. The smallest absolute Gasteiger partial charge is 0.283 e. The number of nitrogens with zero attached hydrogens (tertiary/aromatic N) is 1. The summed E-state index contributed by atoms with van der Waals surface area (Å²) >= 11 is 7.32. The van der Waals surface area contributed by atoms with E-state index in [-0.39, 0.29) is 10.6 Å². The molecule has 1 fully saturated rings. The molecule has 0 bridgehead atoms. The fourth-order valence-corrected chi connectivity index (χ4v) is 5.06. The molecule has 1 aromatic rings. The van der Waals surface area contributed by atoms with Gasteiger partial charge in [-0.15, -0.1) is 0 Å². The van der Waals surface area contributed by atoms with E-state index >= 15 is 0 Å². The van der Waals surface area contributed by atoms with Crippen LogP contribution in [0, 0.1) is 10.1 Å². The molecular weight excluding hydrogens is 348 g/mol. The van der Waals surface area contributed by atoms with Gasteiger partial charge in [0.25, 0.3) is 5.69 Å². The molecule has 1 N–H and O–H groups in total. The van der Waals surface area contributed by atoms with E-state index in [1.165, 1.54) is 23.3 Å². The number of nitro groups is 1. The zero-order valence-corrected chi connectivity index (χ0v) is 13.5. The summed E-state index contributed by atoms with van der Waals surface area (Å²) < 4.78 is 0.582. The molecule has 19 heavy (non-hydrogen) atoms. The van der Waals surface area contributed by atoms with Gasteiger partial charge in [-0.25, -0.2) is 0 Å². The molecule has 0 saturated carbocycles. The van der Waals surface area contributed by atoms with Crippen LogP contribution >= 0.6 is 39.5 Å². The largest absolute Gasteiger partial charge is 0.311 e. The number of nitro benzene ring substituents is 1. The third-order valence-corrected chi connectivity index (χ3v) is 6.59.